The molecule has 16 heavy (non-hydrogen) atoms. The third-order valence-electron chi connectivity index (χ3n) is 3.05. The lowest BCUT2D eigenvalue weighted by Gasteiger charge is -2.28. The highest BCUT2D eigenvalue weighted by atomic mass is 35.5. The molecule has 0 bridgehead atoms. The Balaban J connectivity index is 2.19. The minimum Gasteiger partial charge on any atom is -0.394 e. The molecule has 3 nitrogen and oxygen atoms in total. The van der Waals surface area contributed by atoms with Crippen LogP contribution in [-0.4, -0.2) is 22.2 Å². The second-order valence-corrected chi connectivity index (χ2v) is 4.69. The highest BCUT2D eigenvalue weighted by Gasteiger charge is 2.33. The van der Waals surface area contributed by atoms with Gasteiger partial charge in [0.15, 0.2) is 11.6 Å². The average Bonchev–Trinajstić information content (AvgIpc) is 2.72. The topological polar surface area (TPSA) is 45.1 Å². The Bertz CT molecular complexity index is 380. The van der Waals surface area contributed by atoms with E-state index in [9.17, 15) is 9.50 Å². The van der Waals surface area contributed by atoms with E-state index in [2.05, 4.69) is 10.3 Å². The van der Waals surface area contributed by atoms with Gasteiger partial charge in [0.2, 0.25) is 0 Å². The maximum absolute atomic E-state index is 13.5. The number of aliphatic hydroxyl groups is 1. The summed E-state index contributed by atoms with van der Waals surface area (Å²) in [5.74, 6) is -0.312. The molecule has 2 N–H and O–H groups in total. The number of rotatable bonds is 3. The molecule has 0 atom stereocenters. The number of hydrogen-bond donors (Lipinski definition) is 2. The predicted octanol–water partition coefficient (Wildman–Crippen LogP) is 2.59. The Morgan fingerprint density at radius 3 is 2.75 bits per heavy atom. The number of aromatic nitrogens is 1. The minimum atomic E-state index is -0.479. The van der Waals surface area contributed by atoms with Crippen LogP contribution < -0.4 is 5.32 Å². The van der Waals surface area contributed by atoms with Crippen molar-refractivity contribution in [2.24, 2.45) is 0 Å². The third kappa shape index (κ3) is 2.28. The molecule has 5 heteroatoms. The predicted molar refractivity (Wildman–Crippen MR) is 61.1 cm³/mol. The van der Waals surface area contributed by atoms with Crippen molar-refractivity contribution < 1.29 is 9.50 Å². The molecule has 1 aromatic heterocycles. The van der Waals surface area contributed by atoms with Crippen LogP contribution in [0.3, 0.4) is 0 Å². The third-order valence-corrected chi connectivity index (χ3v) is 3.26. The first-order valence-electron chi connectivity index (χ1n) is 5.35. The lowest BCUT2D eigenvalue weighted by molar-refractivity contribution is 0.213. The van der Waals surface area contributed by atoms with Gasteiger partial charge < -0.3 is 10.4 Å². The number of nitrogens with one attached hydrogen (secondary N) is 1. The second-order valence-electron chi connectivity index (χ2n) is 4.25. The lowest BCUT2D eigenvalue weighted by atomic mass is 9.99. The van der Waals surface area contributed by atoms with Crippen molar-refractivity contribution >= 4 is 17.4 Å². The number of anilines is 1. The molecule has 1 aromatic rings. The van der Waals surface area contributed by atoms with Crippen LogP contribution in [0.5, 0.6) is 0 Å². The molecule has 0 unspecified atom stereocenters. The van der Waals surface area contributed by atoms with Gasteiger partial charge in [-0.15, -0.1) is 0 Å². The Kier molecular flexibility index (Phi) is 3.30. The maximum Gasteiger partial charge on any atom is 0.166 e. The maximum atomic E-state index is 13.5. The number of hydrogen-bond acceptors (Lipinski definition) is 3. The van der Waals surface area contributed by atoms with Crippen LogP contribution in [-0.2, 0) is 0 Å². The molecule has 2 rings (SSSR count). The van der Waals surface area contributed by atoms with Crippen LogP contribution in [0.2, 0.25) is 5.02 Å². The van der Waals surface area contributed by atoms with Crippen LogP contribution >= 0.6 is 11.6 Å². The highest BCUT2D eigenvalue weighted by molar-refractivity contribution is 6.30. The van der Waals surface area contributed by atoms with Crippen LogP contribution in [0.15, 0.2) is 12.3 Å². The molecular weight excluding hydrogens is 231 g/mol. The van der Waals surface area contributed by atoms with E-state index in [1.807, 2.05) is 0 Å². The minimum absolute atomic E-state index is 0.00323. The Hall–Kier alpha value is -0.870. The summed E-state index contributed by atoms with van der Waals surface area (Å²) >= 11 is 5.62. The smallest absolute Gasteiger partial charge is 0.166 e. The van der Waals surface area contributed by atoms with Gasteiger partial charge in [-0.1, -0.05) is 24.4 Å². The number of nitrogens with zero attached hydrogens (tertiary/aromatic N) is 1. The Morgan fingerprint density at radius 1 is 1.50 bits per heavy atom. The number of halogens is 2. The summed E-state index contributed by atoms with van der Waals surface area (Å²) in [6.07, 6.45) is 5.17. The first-order valence-corrected chi connectivity index (χ1v) is 5.73. The van der Waals surface area contributed by atoms with Gasteiger partial charge in [0, 0.05) is 6.20 Å². The fourth-order valence-corrected chi connectivity index (χ4v) is 2.28. The largest absolute Gasteiger partial charge is 0.394 e. The zero-order valence-electron chi connectivity index (χ0n) is 8.84. The van der Waals surface area contributed by atoms with Crippen molar-refractivity contribution in [3.63, 3.8) is 0 Å². The Morgan fingerprint density at radius 2 is 2.19 bits per heavy atom. The van der Waals surface area contributed by atoms with Gasteiger partial charge in [-0.25, -0.2) is 9.37 Å². The SMILES string of the molecule is OCC1(Nc2ncc(Cl)cc2F)CCCC1. The summed E-state index contributed by atoms with van der Waals surface area (Å²) in [5.41, 5.74) is -0.415. The number of aliphatic hydroxyl groups excluding tert-OH is 1. The van der Waals surface area contributed by atoms with E-state index in [-0.39, 0.29) is 17.4 Å². The molecule has 0 saturated heterocycles. The average molecular weight is 245 g/mol. The van der Waals surface area contributed by atoms with Crippen LogP contribution in [0.25, 0.3) is 0 Å². The van der Waals surface area contributed by atoms with Crippen LogP contribution in [0.4, 0.5) is 10.2 Å². The van der Waals surface area contributed by atoms with Gasteiger partial charge in [-0.3, -0.25) is 0 Å². The van der Waals surface area contributed by atoms with Crippen LogP contribution in [0, 0.1) is 5.82 Å². The van der Waals surface area contributed by atoms with E-state index in [1.165, 1.54) is 12.3 Å². The molecular formula is C11H14ClFN2O. The van der Waals surface area contributed by atoms with Gasteiger partial charge in [0.25, 0.3) is 0 Å². The second kappa shape index (κ2) is 4.55. The molecule has 1 fully saturated rings. The van der Waals surface area contributed by atoms with Crippen LogP contribution in [0.1, 0.15) is 25.7 Å². The van der Waals surface area contributed by atoms with Crippen molar-refractivity contribution in [1.29, 1.82) is 0 Å². The standard InChI is InChI=1S/C11H14ClFN2O/c12-8-5-9(13)10(14-6-8)15-11(7-16)3-1-2-4-11/h5-6,16H,1-4,7H2,(H,14,15). The fraction of sp³-hybridized carbons (Fsp3) is 0.545. The molecule has 0 amide bonds. The van der Waals surface area contributed by atoms with Gasteiger partial charge in [-0.2, -0.15) is 0 Å². The van der Waals surface area contributed by atoms with Crippen molar-refractivity contribution in [1.82, 2.24) is 4.98 Å². The summed E-state index contributed by atoms with van der Waals surface area (Å²) in [6.45, 7) is -0.00323. The lowest BCUT2D eigenvalue weighted by Crippen LogP contribution is -2.39. The van der Waals surface area contributed by atoms with E-state index in [0.29, 0.717) is 0 Å². The molecule has 1 aliphatic carbocycles. The molecule has 0 aromatic carbocycles. The molecule has 1 saturated carbocycles. The first kappa shape index (κ1) is 11.6. The molecule has 1 aliphatic rings. The fourth-order valence-electron chi connectivity index (χ4n) is 2.13. The first-order chi connectivity index (χ1) is 7.65. The monoisotopic (exact) mass is 244 g/mol. The summed E-state index contributed by atoms with van der Waals surface area (Å²) in [7, 11) is 0. The highest BCUT2D eigenvalue weighted by Crippen LogP contribution is 2.33. The summed E-state index contributed by atoms with van der Waals surface area (Å²) in [5, 5.41) is 12.7. The molecule has 1 heterocycles. The van der Waals surface area contributed by atoms with E-state index in [4.69, 9.17) is 11.6 Å². The van der Waals surface area contributed by atoms with E-state index >= 15 is 0 Å². The van der Waals surface area contributed by atoms with E-state index in [0.717, 1.165) is 25.7 Å². The quantitative estimate of drug-likeness (QED) is 0.859. The molecule has 0 aliphatic heterocycles. The summed E-state index contributed by atoms with van der Waals surface area (Å²) in [4.78, 5) is 3.91. The Labute approximate surface area is 98.6 Å². The number of pyridine rings is 1. The van der Waals surface area contributed by atoms with Crippen molar-refractivity contribution in [3.8, 4) is 0 Å². The summed E-state index contributed by atoms with van der Waals surface area (Å²) < 4.78 is 13.5. The van der Waals surface area contributed by atoms with Crippen molar-refractivity contribution in [2.45, 2.75) is 31.2 Å². The van der Waals surface area contributed by atoms with Gasteiger partial charge >= 0.3 is 0 Å². The normalized spacial score (nSPS) is 18.7. The van der Waals surface area contributed by atoms with Crippen molar-refractivity contribution in [3.05, 3.63) is 23.1 Å². The summed E-state index contributed by atoms with van der Waals surface area (Å²) in [6, 6.07) is 1.22. The zero-order valence-corrected chi connectivity index (χ0v) is 9.60. The molecule has 88 valence electrons. The molecule has 0 radical (unpaired) electrons. The van der Waals surface area contributed by atoms with Gasteiger partial charge in [-0.05, 0) is 18.9 Å². The van der Waals surface area contributed by atoms with Crippen molar-refractivity contribution in [2.75, 3.05) is 11.9 Å². The van der Waals surface area contributed by atoms with E-state index in [1.54, 1.807) is 0 Å². The molecule has 0 spiro atoms. The zero-order chi connectivity index (χ0) is 11.6. The van der Waals surface area contributed by atoms with Gasteiger partial charge in [0.05, 0.1) is 17.2 Å². The van der Waals surface area contributed by atoms with Gasteiger partial charge in [0.1, 0.15) is 0 Å². The van der Waals surface area contributed by atoms with E-state index < -0.39 is 11.4 Å².